The minimum atomic E-state index is -0.525. The summed E-state index contributed by atoms with van der Waals surface area (Å²) in [5.41, 5.74) is 8.99. The number of carbonyl (C=O) groups excluding carboxylic acids is 4. The average Bonchev–Trinajstić information content (AvgIpc) is 3.00. The third kappa shape index (κ3) is 17.5. The molecule has 6 N–H and O–H groups in total. The van der Waals surface area contributed by atoms with Crippen LogP contribution in [0.1, 0.15) is 67.7 Å². The summed E-state index contributed by atoms with van der Waals surface area (Å²) in [6.45, 7) is 14.6. The predicted molar refractivity (Wildman–Crippen MR) is 113 cm³/mol. The average molecular weight is 418 g/mol. The second-order valence-corrected chi connectivity index (χ2v) is 5.76. The van der Waals surface area contributed by atoms with Crippen LogP contribution in [0.15, 0.2) is 12.2 Å². The standard InChI is InChI=1S/C8H19N3O2.C7H8N2O3.2C2H6/c1-4-13-8(2,3)6-5-7(12)10-11-9;8-5(10)3-4-9-6(11)1-2-7(9)12;2*1-2/h11H,4-6,9H2,1-3H3,(H,10,12);1-2H,3-4H2,(H2,8,10);2*1-2H3. The predicted octanol–water partition coefficient (Wildman–Crippen LogP) is 0.915. The number of primary amides is 1. The number of rotatable bonds is 9. The van der Waals surface area contributed by atoms with Crippen LogP contribution in [0.4, 0.5) is 0 Å². The highest BCUT2D eigenvalue weighted by Gasteiger charge is 2.22. The number of amides is 4. The molecule has 1 aliphatic heterocycles. The molecule has 0 aromatic carbocycles. The van der Waals surface area contributed by atoms with E-state index in [4.69, 9.17) is 16.3 Å². The highest BCUT2D eigenvalue weighted by molar-refractivity contribution is 6.13. The fourth-order valence-electron chi connectivity index (χ4n) is 1.89. The lowest BCUT2D eigenvalue weighted by Crippen LogP contribution is -2.42. The van der Waals surface area contributed by atoms with Crippen LogP contribution in [-0.2, 0) is 23.9 Å². The molecule has 0 bridgehead atoms. The summed E-state index contributed by atoms with van der Waals surface area (Å²) in [7, 11) is 0. The van der Waals surface area contributed by atoms with Crippen LogP contribution in [0, 0.1) is 0 Å². The maximum absolute atomic E-state index is 11.0. The molecule has 0 saturated heterocycles. The summed E-state index contributed by atoms with van der Waals surface area (Å²) in [5.74, 6) is 3.48. The van der Waals surface area contributed by atoms with Gasteiger partial charge in [-0.1, -0.05) is 27.7 Å². The zero-order valence-corrected chi connectivity index (χ0v) is 18.8. The van der Waals surface area contributed by atoms with Gasteiger partial charge in [0.1, 0.15) is 0 Å². The lowest BCUT2D eigenvalue weighted by molar-refractivity contribution is -0.137. The molecular formula is C19H39N5O5. The van der Waals surface area contributed by atoms with E-state index in [0.717, 1.165) is 4.90 Å². The second-order valence-electron chi connectivity index (χ2n) is 5.76. The quantitative estimate of drug-likeness (QED) is 0.247. The van der Waals surface area contributed by atoms with E-state index in [9.17, 15) is 19.2 Å². The number of hydrogen-bond donors (Lipinski definition) is 4. The Morgan fingerprint density at radius 1 is 1.07 bits per heavy atom. The van der Waals surface area contributed by atoms with Crippen LogP contribution in [-0.4, -0.2) is 47.3 Å². The molecular weight excluding hydrogens is 378 g/mol. The lowest BCUT2D eigenvalue weighted by Gasteiger charge is -2.24. The Kier molecular flexibility index (Phi) is 20.6. The summed E-state index contributed by atoms with van der Waals surface area (Å²) in [6.07, 6.45) is 3.43. The summed E-state index contributed by atoms with van der Waals surface area (Å²) in [5, 5.41) is 0. The molecule has 0 aromatic rings. The molecule has 0 saturated carbocycles. The van der Waals surface area contributed by atoms with Crippen molar-refractivity contribution in [3.8, 4) is 0 Å². The molecule has 10 nitrogen and oxygen atoms in total. The Hall–Kier alpha value is -2.30. The van der Waals surface area contributed by atoms with Crippen molar-refractivity contribution in [2.24, 2.45) is 11.6 Å². The molecule has 170 valence electrons. The van der Waals surface area contributed by atoms with E-state index < -0.39 is 5.91 Å². The molecule has 4 amide bonds. The number of hydrogen-bond acceptors (Lipinski definition) is 7. The number of nitrogens with one attached hydrogen (secondary N) is 2. The normalized spacial score (nSPS) is 12.1. The first-order chi connectivity index (χ1) is 13.6. The Morgan fingerprint density at radius 3 is 1.93 bits per heavy atom. The summed E-state index contributed by atoms with van der Waals surface area (Å²) >= 11 is 0. The van der Waals surface area contributed by atoms with Gasteiger partial charge in [0, 0.05) is 38.1 Å². The van der Waals surface area contributed by atoms with Crippen LogP contribution < -0.4 is 22.5 Å². The molecule has 0 unspecified atom stereocenters. The van der Waals surface area contributed by atoms with Crippen molar-refractivity contribution >= 4 is 23.6 Å². The van der Waals surface area contributed by atoms with Crippen LogP contribution >= 0.6 is 0 Å². The zero-order valence-electron chi connectivity index (χ0n) is 18.8. The molecule has 0 atom stereocenters. The molecule has 0 fully saturated rings. The molecule has 10 heteroatoms. The van der Waals surface area contributed by atoms with Gasteiger partial charge in [-0.25, -0.2) is 0 Å². The van der Waals surface area contributed by atoms with Gasteiger partial charge in [-0.3, -0.25) is 35.3 Å². The summed E-state index contributed by atoms with van der Waals surface area (Å²) in [6, 6.07) is 0. The fraction of sp³-hybridized carbons (Fsp3) is 0.684. The van der Waals surface area contributed by atoms with E-state index in [1.54, 1.807) is 0 Å². The van der Waals surface area contributed by atoms with Crippen LogP contribution in [0.3, 0.4) is 0 Å². The molecule has 0 aromatic heterocycles. The van der Waals surface area contributed by atoms with Gasteiger partial charge < -0.3 is 10.5 Å². The van der Waals surface area contributed by atoms with E-state index in [1.807, 2.05) is 48.5 Å². The first kappa shape index (κ1) is 31.4. The highest BCUT2D eigenvalue weighted by atomic mass is 16.5. The third-order valence-electron chi connectivity index (χ3n) is 3.18. The molecule has 0 spiro atoms. The van der Waals surface area contributed by atoms with E-state index >= 15 is 0 Å². The first-order valence-corrected chi connectivity index (χ1v) is 9.83. The lowest BCUT2D eigenvalue weighted by atomic mass is 10.0. The number of nitrogens with two attached hydrogens (primary N) is 2. The minimum absolute atomic E-state index is 0.0131. The van der Waals surface area contributed by atoms with Gasteiger partial charge in [0.05, 0.1) is 5.60 Å². The second kappa shape index (κ2) is 19.0. The molecule has 1 aliphatic rings. The third-order valence-corrected chi connectivity index (χ3v) is 3.18. The van der Waals surface area contributed by atoms with E-state index in [0.29, 0.717) is 19.4 Å². The fourth-order valence-corrected chi connectivity index (χ4v) is 1.89. The molecule has 0 radical (unpaired) electrons. The van der Waals surface area contributed by atoms with Gasteiger partial charge in [0.25, 0.3) is 11.8 Å². The van der Waals surface area contributed by atoms with Crippen molar-refractivity contribution in [3.63, 3.8) is 0 Å². The summed E-state index contributed by atoms with van der Waals surface area (Å²) in [4.78, 5) is 44.0. The number of carbonyl (C=O) groups is 4. The van der Waals surface area contributed by atoms with Gasteiger partial charge in [0.15, 0.2) is 0 Å². The number of hydrazine groups is 2. The topological polar surface area (TPSA) is 157 Å². The van der Waals surface area contributed by atoms with Crippen molar-refractivity contribution in [1.29, 1.82) is 0 Å². The smallest absolute Gasteiger partial charge is 0.253 e. The van der Waals surface area contributed by atoms with Gasteiger partial charge in [0.2, 0.25) is 11.8 Å². The van der Waals surface area contributed by atoms with E-state index in [2.05, 4.69) is 11.0 Å². The molecule has 1 rings (SSSR count). The zero-order chi connectivity index (χ0) is 23.5. The largest absolute Gasteiger partial charge is 0.376 e. The van der Waals surface area contributed by atoms with Crippen molar-refractivity contribution in [1.82, 2.24) is 15.9 Å². The Morgan fingerprint density at radius 2 is 1.55 bits per heavy atom. The Labute approximate surface area is 174 Å². The number of nitrogens with zero attached hydrogens (tertiary/aromatic N) is 1. The Bertz CT molecular complexity index is 503. The van der Waals surface area contributed by atoms with Gasteiger partial charge in [-0.2, -0.15) is 5.53 Å². The molecule has 29 heavy (non-hydrogen) atoms. The van der Waals surface area contributed by atoms with Crippen LogP contribution in [0.2, 0.25) is 0 Å². The molecule has 1 heterocycles. The van der Waals surface area contributed by atoms with E-state index in [1.165, 1.54) is 12.2 Å². The van der Waals surface area contributed by atoms with Crippen LogP contribution in [0.5, 0.6) is 0 Å². The maximum Gasteiger partial charge on any atom is 0.253 e. The first-order valence-electron chi connectivity index (χ1n) is 9.83. The molecule has 0 aliphatic carbocycles. The Balaban J connectivity index is -0.000000398. The van der Waals surface area contributed by atoms with E-state index in [-0.39, 0.29) is 36.3 Å². The number of ether oxygens (including phenoxy) is 1. The highest BCUT2D eigenvalue weighted by Crippen LogP contribution is 2.15. The van der Waals surface area contributed by atoms with Crippen LogP contribution in [0.25, 0.3) is 0 Å². The van der Waals surface area contributed by atoms with Crippen molar-refractivity contribution in [3.05, 3.63) is 12.2 Å². The minimum Gasteiger partial charge on any atom is -0.376 e. The SMILES string of the molecule is CC.CC.CCOC(C)(C)CCC(=O)NNN.NC(=O)CCN1C(=O)C=CC1=O. The van der Waals surface area contributed by atoms with Crippen molar-refractivity contribution in [2.75, 3.05) is 13.2 Å². The van der Waals surface area contributed by atoms with Gasteiger partial charge in [-0.15, -0.1) is 0 Å². The summed E-state index contributed by atoms with van der Waals surface area (Å²) < 4.78 is 5.43. The maximum atomic E-state index is 11.0. The monoisotopic (exact) mass is 417 g/mol. The number of imide groups is 1. The van der Waals surface area contributed by atoms with Gasteiger partial charge in [-0.05, 0) is 27.2 Å². The van der Waals surface area contributed by atoms with Crippen molar-refractivity contribution < 1.29 is 23.9 Å². The van der Waals surface area contributed by atoms with Gasteiger partial charge >= 0.3 is 0 Å². The van der Waals surface area contributed by atoms with Crippen molar-refractivity contribution in [2.45, 2.75) is 73.3 Å².